The van der Waals surface area contributed by atoms with Crippen molar-refractivity contribution >= 4 is 26.4 Å². The number of hydrogen-bond donors (Lipinski definition) is 3. The molecule has 0 unspecified atom stereocenters. The Labute approximate surface area is 219 Å². The van der Waals surface area contributed by atoms with Gasteiger partial charge in [-0.2, -0.15) is 0 Å². The molecule has 7 nitrogen and oxygen atoms in total. The molecule has 2 heterocycles. The maximum Gasteiger partial charge on any atom is 0.274 e. The third-order valence-corrected chi connectivity index (χ3v) is 8.40. The molecule has 10 heteroatoms. The van der Waals surface area contributed by atoms with Crippen molar-refractivity contribution in [1.82, 2.24) is 14.9 Å². The fraction of sp³-hybridized carbons (Fsp3) is 0.321. The zero-order valence-electron chi connectivity index (χ0n) is 21.2. The van der Waals surface area contributed by atoms with Crippen LogP contribution in [0.25, 0.3) is 22.0 Å². The van der Waals surface area contributed by atoms with Gasteiger partial charge < -0.3 is 20.2 Å². The van der Waals surface area contributed by atoms with Gasteiger partial charge in [-0.05, 0) is 56.0 Å². The maximum absolute atomic E-state index is 14.0. The van der Waals surface area contributed by atoms with Crippen LogP contribution < -0.4 is 16.2 Å². The van der Waals surface area contributed by atoms with Crippen LogP contribution in [0.15, 0.2) is 64.5 Å². The first-order valence-electron chi connectivity index (χ1n) is 12.5. The van der Waals surface area contributed by atoms with Gasteiger partial charge in [-0.25, -0.2) is 17.2 Å². The summed E-state index contributed by atoms with van der Waals surface area (Å²) in [5.41, 5.74) is 3.01. The molecule has 0 radical (unpaired) electrons. The van der Waals surface area contributed by atoms with Gasteiger partial charge in [-0.1, -0.05) is 6.07 Å². The molecular formula is C28H30F2N4O3S. The summed E-state index contributed by atoms with van der Waals surface area (Å²) in [7, 11) is -1.77. The monoisotopic (exact) mass is 540 g/mol. The fourth-order valence-corrected chi connectivity index (χ4v) is 5.81. The second-order valence-corrected chi connectivity index (χ2v) is 12.0. The van der Waals surface area contributed by atoms with Crippen LogP contribution in [0.2, 0.25) is 0 Å². The standard InChI is InChI=1S/C28H30F2N4O3S/c1-34-16-24(22-11-12-31-27(22)28(34)35)23-14-21(38(2,36)37)9-10-26(23)33-20-7-5-19(6-8-20)32-15-17-3-4-18(29)13-25(17)30/h3-4,9-14,16,19-20,31-33H,5-8,15H2,1-2H3/t19-,20-. The lowest BCUT2D eigenvalue weighted by Crippen LogP contribution is -2.36. The summed E-state index contributed by atoms with van der Waals surface area (Å²) in [5, 5.41) is 7.71. The number of halogens is 2. The molecule has 2 aromatic heterocycles. The highest BCUT2D eigenvalue weighted by molar-refractivity contribution is 7.90. The number of aryl methyl sites for hydroxylation is 1. The molecule has 1 fully saturated rings. The molecule has 200 valence electrons. The van der Waals surface area contributed by atoms with Crippen LogP contribution in [0.4, 0.5) is 14.5 Å². The zero-order valence-corrected chi connectivity index (χ0v) is 22.0. The van der Waals surface area contributed by atoms with E-state index in [-0.39, 0.29) is 22.5 Å². The van der Waals surface area contributed by atoms with Crippen molar-refractivity contribution in [2.75, 3.05) is 11.6 Å². The van der Waals surface area contributed by atoms with Gasteiger partial charge in [0.05, 0.1) is 4.90 Å². The van der Waals surface area contributed by atoms with Gasteiger partial charge in [0.15, 0.2) is 9.84 Å². The van der Waals surface area contributed by atoms with Crippen LogP contribution in [0.5, 0.6) is 0 Å². The number of sulfone groups is 1. The van der Waals surface area contributed by atoms with Gasteiger partial charge in [0, 0.05) is 78.2 Å². The van der Waals surface area contributed by atoms with Gasteiger partial charge >= 0.3 is 0 Å². The maximum atomic E-state index is 14.0. The first-order chi connectivity index (χ1) is 18.1. The average Bonchev–Trinajstić information content (AvgIpc) is 3.37. The quantitative estimate of drug-likeness (QED) is 0.315. The van der Waals surface area contributed by atoms with E-state index in [0.717, 1.165) is 48.4 Å². The molecule has 0 bridgehead atoms. The van der Waals surface area contributed by atoms with Crippen LogP contribution >= 0.6 is 0 Å². The van der Waals surface area contributed by atoms with Crippen LogP contribution in [0.3, 0.4) is 0 Å². The molecule has 0 amide bonds. The lowest BCUT2D eigenvalue weighted by Gasteiger charge is -2.31. The number of nitrogens with zero attached hydrogens (tertiary/aromatic N) is 1. The first-order valence-corrected chi connectivity index (χ1v) is 14.4. The fourth-order valence-electron chi connectivity index (χ4n) is 5.17. The third kappa shape index (κ3) is 5.37. The van der Waals surface area contributed by atoms with Gasteiger partial charge in [-0.3, -0.25) is 4.79 Å². The second kappa shape index (κ2) is 10.3. The van der Waals surface area contributed by atoms with Crippen molar-refractivity contribution in [1.29, 1.82) is 0 Å². The lowest BCUT2D eigenvalue weighted by molar-refractivity contribution is 0.351. The number of rotatable bonds is 7. The number of H-pyrrole nitrogens is 1. The van der Waals surface area contributed by atoms with Gasteiger partial charge in [0.25, 0.3) is 5.56 Å². The van der Waals surface area contributed by atoms with Crippen LogP contribution in [-0.4, -0.2) is 36.3 Å². The summed E-state index contributed by atoms with van der Waals surface area (Å²) in [5.74, 6) is -1.13. The number of nitrogens with one attached hydrogen (secondary N) is 3. The van der Waals surface area contributed by atoms with E-state index in [1.807, 2.05) is 6.07 Å². The van der Waals surface area contributed by atoms with E-state index in [0.29, 0.717) is 23.2 Å². The summed E-state index contributed by atoms with van der Waals surface area (Å²) in [4.78, 5) is 15.8. The number of aromatic amines is 1. The first kappa shape index (κ1) is 26.1. The molecule has 3 N–H and O–H groups in total. The Morgan fingerprint density at radius 1 is 1.00 bits per heavy atom. The topological polar surface area (TPSA) is 96.0 Å². The molecule has 0 atom stereocenters. The van der Waals surface area contributed by atoms with E-state index in [2.05, 4.69) is 15.6 Å². The predicted molar refractivity (Wildman–Crippen MR) is 145 cm³/mol. The Hall–Kier alpha value is -3.50. The summed E-state index contributed by atoms with van der Waals surface area (Å²) in [6, 6.07) is 10.9. The Kier molecular flexibility index (Phi) is 7.11. The SMILES string of the molecule is Cn1cc(-c2cc(S(C)(=O)=O)ccc2N[C@H]2CC[C@H](NCc3ccc(F)cc3F)CC2)c2cc[nH]c2c1=O. The molecule has 38 heavy (non-hydrogen) atoms. The van der Waals surface area contributed by atoms with Crippen molar-refractivity contribution in [2.45, 2.75) is 49.2 Å². The van der Waals surface area contributed by atoms with E-state index in [1.54, 1.807) is 37.6 Å². The molecule has 5 rings (SSSR count). The second-order valence-electron chi connectivity index (χ2n) is 10.0. The van der Waals surface area contributed by atoms with E-state index >= 15 is 0 Å². The van der Waals surface area contributed by atoms with Crippen LogP contribution in [0.1, 0.15) is 31.2 Å². The number of hydrogen-bond acceptors (Lipinski definition) is 5. The Morgan fingerprint density at radius 2 is 1.74 bits per heavy atom. The normalized spacial score (nSPS) is 18.1. The van der Waals surface area contributed by atoms with Gasteiger partial charge in [0.2, 0.25) is 0 Å². The Morgan fingerprint density at radius 3 is 2.45 bits per heavy atom. The molecule has 1 aliphatic rings. The van der Waals surface area contributed by atoms with E-state index < -0.39 is 21.5 Å². The Bertz CT molecular complexity index is 1650. The minimum atomic E-state index is -3.44. The number of benzene rings is 2. The lowest BCUT2D eigenvalue weighted by atomic mass is 9.90. The summed E-state index contributed by atoms with van der Waals surface area (Å²) in [6.07, 6.45) is 8.10. The largest absolute Gasteiger partial charge is 0.382 e. The molecule has 2 aromatic carbocycles. The van der Waals surface area contributed by atoms with E-state index in [1.165, 1.54) is 23.0 Å². The number of anilines is 1. The summed E-state index contributed by atoms with van der Waals surface area (Å²) >= 11 is 0. The van der Waals surface area contributed by atoms with Crippen molar-refractivity contribution in [3.63, 3.8) is 0 Å². The number of fused-ring (bicyclic) bond motifs is 1. The number of pyridine rings is 1. The molecular weight excluding hydrogens is 510 g/mol. The van der Waals surface area contributed by atoms with E-state index in [4.69, 9.17) is 0 Å². The van der Waals surface area contributed by atoms with Crippen molar-refractivity contribution in [3.05, 3.63) is 82.4 Å². The zero-order chi connectivity index (χ0) is 27.0. The highest BCUT2D eigenvalue weighted by Gasteiger charge is 2.23. The van der Waals surface area contributed by atoms with E-state index in [9.17, 15) is 22.0 Å². The smallest absolute Gasteiger partial charge is 0.274 e. The highest BCUT2D eigenvalue weighted by atomic mass is 32.2. The molecule has 4 aromatic rings. The molecule has 0 aliphatic heterocycles. The predicted octanol–water partition coefficient (Wildman–Crippen LogP) is 4.73. The third-order valence-electron chi connectivity index (χ3n) is 7.29. The average molecular weight is 541 g/mol. The van der Waals surface area contributed by atoms with Crippen molar-refractivity contribution in [2.24, 2.45) is 7.05 Å². The molecule has 0 saturated heterocycles. The molecule has 1 aliphatic carbocycles. The number of aromatic nitrogens is 2. The summed E-state index contributed by atoms with van der Waals surface area (Å²) < 4.78 is 53.3. The van der Waals surface area contributed by atoms with Crippen LogP contribution in [0, 0.1) is 11.6 Å². The Balaban J connectivity index is 1.36. The van der Waals surface area contributed by atoms with Crippen molar-refractivity contribution < 1.29 is 17.2 Å². The molecule has 1 saturated carbocycles. The minimum Gasteiger partial charge on any atom is -0.382 e. The highest BCUT2D eigenvalue weighted by Crippen LogP contribution is 2.36. The van der Waals surface area contributed by atoms with Crippen LogP contribution in [-0.2, 0) is 23.4 Å². The summed E-state index contributed by atoms with van der Waals surface area (Å²) in [6.45, 7) is 0.339. The van der Waals surface area contributed by atoms with Gasteiger partial charge in [0.1, 0.15) is 17.2 Å². The minimum absolute atomic E-state index is 0.158. The molecule has 0 spiro atoms. The van der Waals surface area contributed by atoms with Crippen molar-refractivity contribution in [3.8, 4) is 11.1 Å². The van der Waals surface area contributed by atoms with Gasteiger partial charge in [-0.15, -0.1) is 0 Å².